The van der Waals surface area contributed by atoms with Crippen LogP contribution in [-0.2, 0) is 4.79 Å². The van der Waals surface area contributed by atoms with Gasteiger partial charge in [0.15, 0.2) is 0 Å². The van der Waals surface area contributed by atoms with E-state index >= 15 is 0 Å². The van der Waals surface area contributed by atoms with E-state index in [1.807, 2.05) is 54.0 Å². The number of esters is 1. The lowest BCUT2D eigenvalue weighted by Crippen LogP contribution is -2.23. The molecule has 1 atom stereocenters. The number of nitrogens with zero attached hydrogens (tertiary/aromatic N) is 2. The zero-order valence-electron chi connectivity index (χ0n) is 12.9. The molecule has 0 amide bonds. The fraction of sp³-hybridized carbons (Fsp3) is 0.111. The quantitative estimate of drug-likeness (QED) is 0.675. The first kappa shape index (κ1) is 13.2. The molecule has 2 aliphatic rings. The number of H-pyrrole nitrogens is 1. The highest BCUT2D eigenvalue weighted by atomic mass is 16.5. The molecule has 0 bridgehead atoms. The second-order valence-corrected chi connectivity index (χ2v) is 6.04. The fourth-order valence-corrected chi connectivity index (χ4v) is 3.69. The number of carbonyl (C=O) groups is 1. The first-order valence-corrected chi connectivity index (χ1v) is 7.71. The number of hydrogen-bond acceptors (Lipinski definition) is 4. The van der Waals surface area contributed by atoms with Crippen LogP contribution in [0.5, 0.6) is 5.88 Å². The van der Waals surface area contributed by atoms with Gasteiger partial charge >= 0.3 is 5.97 Å². The smallest absolute Gasteiger partial charge is 0.345 e. The van der Waals surface area contributed by atoms with E-state index in [0.717, 1.165) is 28.2 Å². The topological polar surface area (TPSA) is 85.9 Å². The largest absolute Gasteiger partial charge is 0.402 e. The van der Waals surface area contributed by atoms with Crippen LogP contribution in [0.4, 0.5) is 0 Å². The SMILES string of the molecule is Cc1ccc2n1C(N)=C1C(=O)Oc3n[nH]c(-c4ccccc4)c3C12. The van der Waals surface area contributed by atoms with Crippen molar-refractivity contribution < 1.29 is 9.53 Å². The van der Waals surface area contributed by atoms with E-state index in [0.29, 0.717) is 17.3 Å². The minimum absolute atomic E-state index is 0.260. The van der Waals surface area contributed by atoms with Crippen LogP contribution in [0.15, 0.2) is 48.0 Å². The molecule has 2 aromatic heterocycles. The number of aromatic nitrogens is 3. The standard InChI is InChI=1S/C18H14N4O2/c1-9-7-8-11-12-13-15(10-5-3-2-4-6-10)20-21-17(13)24-18(23)14(12)16(19)22(9)11/h2-8,12H,19H2,1H3,(H,20,21). The van der Waals surface area contributed by atoms with Gasteiger partial charge in [-0.05, 0) is 24.6 Å². The van der Waals surface area contributed by atoms with E-state index in [2.05, 4.69) is 10.2 Å². The number of hydrogen-bond donors (Lipinski definition) is 2. The summed E-state index contributed by atoms with van der Waals surface area (Å²) in [7, 11) is 0. The average molecular weight is 318 g/mol. The van der Waals surface area contributed by atoms with Crippen LogP contribution in [0.1, 0.15) is 22.9 Å². The summed E-state index contributed by atoms with van der Waals surface area (Å²) >= 11 is 0. The Morgan fingerprint density at radius 2 is 2.00 bits per heavy atom. The Balaban J connectivity index is 1.81. The zero-order valence-corrected chi connectivity index (χ0v) is 12.9. The van der Waals surface area contributed by atoms with Gasteiger partial charge in [-0.25, -0.2) is 4.79 Å². The van der Waals surface area contributed by atoms with Gasteiger partial charge in [-0.15, -0.1) is 5.10 Å². The third kappa shape index (κ3) is 1.49. The van der Waals surface area contributed by atoms with E-state index in [-0.39, 0.29) is 5.92 Å². The molecule has 24 heavy (non-hydrogen) atoms. The minimum Gasteiger partial charge on any atom is -0.402 e. The molecule has 4 heterocycles. The summed E-state index contributed by atoms with van der Waals surface area (Å²) in [5.41, 5.74) is 11.4. The lowest BCUT2D eigenvalue weighted by molar-refractivity contribution is -0.131. The summed E-state index contributed by atoms with van der Waals surface area (Å²) in [4.78, 5) is 12.4. The van der Waals surface area contributed by atoms with Crippen molar-refractivity contribution >= 4 is 11.8 Å². The molecule has 0 radical (unpaired) electrons. The molecule has 0 fully saturated rings. The Kier molecular flexibility index (Phi) is 2.41. The van der Waals surface area contributed by atoms with Crippen molar-refractivity contribution in [2.24, 2.45) is 5.73 Å². The van der Waals surface area contributed by atoms with E-state index in [1.54, 1.807) is 0 Å². The summed E-state index contributed by atoms with van der Waals surface area (Å²) in [5.74, 6) is 0.0733. The Labute approximate surface area is 137 Å². The van der Waals surface area contributed by atoms with Crippen molar-refractivity contribution in [3.05, 3.63) is 65.0 Å². The van der Waals surface area contributed by atoms with Crippen LogP contribution in [0.25, 0.3) is 17.1 Å². The number of aromatic amines is 1. The van der Waals surface area contributed by atoms with Gasteiger partial charge in [0, 0.05) is 11.4 Å². The van der Waals surface area contributed by atoms with Gasteiger partial charge in [0.2, 0.25) is 5.88 Å². The molecule has 6 nitrogen and oxygen atoms in total. The van der Waals surface area contributed by atoms with Gasteiger partial charge in [-0.1, -0.05) is 30.3 Å². The Morgan fingerprint density at radius 1 is 1.21 bits per heavy atom. The number of nitrogens with two attached hydrogens (primary N) is 1. The number of carbonyl (C=O) groups excluding carboxylic acids is 1. The molecule has 3 aromatic rings. The minimum atomic E-state index is -0.431. The molecular weight excluding hydrogens is 304 g/mol. The van der Waals surface area contributed by atoms with Crippen molar-refractivity contribution in [1.29, 1.82) is 0 Å². The number of ether oxygens (including phenoxy) is 1. The maximum atomic E-state index is 12.4. The highest BCUT2D eigenvalue weighted by molar-refractivity contribution is 6.02. The second kappa shape index (κ2) is 4.38. The Morgan fingerprint density at radius 3 is 2.79 bits per heavy atom. The van der Waals surface area contributed by atoms with Gasteiger partial charge in [0.25, 0.3) is 0 Å². The van der Waals surface area contributed by atoms with Gasteiger partial charge in [0.05, 0.1) is 22.7 Å². The molecule has 2 aliphatic heterocycles. The van der Waals surface area contributed by atoms with Gasteiger partial charge in [0.1, 0.15) is 5.82 Å². The molecule has 0 saturated heterocycles. The van der Waals surface area contributed by atoms with Crippen LogP contribution < -0.4 is 10.5 Å². The normalized spacial score (nSPS) is 18.2. The Bertz CT molecular complexity index is 1030. The lowest BCUT2D eigenvalue weighted by atomic mass is 9.87. The first-order valence-electron chi connectivity index (χ1n) is 7.71. The second-order valence-electron chi connectivity index (χ2n) is 6.04. The first-order chi connectivity index (χ1) is 11.7. The van der Waals surface area contributed by atoms with Crippen molar-refractivity contribution in [3.8, 4) is 17.1 Å². The highest BCUT2D eigenvalue weighted by Gasteiger charge is 2.45. The van der Waals surface area contributed by atoms with Crippen molar-refractivity contribution in [3.63, 3.8) is 0 Å². The predicted octanol–water partition coefficient (Wildman–Crippen LogP) is 2.38. The van der Waals surface area contributed by atoms with Crippen LogP contribution in [0, 0.1) is 6.92 Å². The lowest BCUT2D eigenvalue weighted by Gasteiger charge is -2.20. The summed E-state index contributed by atoms with van der Waals surface area (Å²) in [5, 5.41) is 7.23. The predicted molar refractivity (Wildman–Crippen MR) is 88.1 cm³/mol. The van der Waals surface area contributed by atoms with Crippen molar-refractivity contribution in [1.82, 2.24) is 14.8 Å². The van der Waals surface area contributed by atoms with Gasteiger partial charge in [-0.3, -0.25) is 5.10 Å². The van der Waals surface area contributed by atoms with Crippen LogP contribution >= 0.6 is 0 Å². The molecule has 118 valence electrons. The molecule has 3 N–H and O–H groups in total. The molecule has 0 aliphatic carbocycles. The fourth-order valence-electron chi connectivity index (χ4n) is 3.69. The molecular formula is C18H14N4O2. The number of fused-ring (bicyclic) bond motifs is 5. The zero-order chi connectivity index (χ0) is 16.4. The van der Waals surface area contributed by atoms with E-state index in [9.17, 15) is 4.79 Å². The summed E-state index contributed by atoms with van der Waals surface area (Å²) < 4.78 is 7.34. The van der Waals surface area contributed by atoms with E-state index < -0.39 is 5.97 Å². The molecule has 0 saturated carbocycles. The number of nitrogens with one attached hydrogen (secondary N) is 1. The van der Waals surface area contributed by atoms with E-state index in [1.165, 1.54) is 0 Å². The van der Waals surface area contributed by atoms with Crippen molar-refractivity contribution in [2.75, 3.05) is 0 Å². The van der Waals surface area contributed by atoms with Gasteiger partial charge < -0.3 is 15.0 Å². The Hall–Kier alpha value is -3.28. The molecule has 6 heteroatoms. The van der Waals surface area contributed by atoms with Crippen molar-refractivity contribution in [2.45, 2.75) is 12.8 Å². The molecule has 5 rings (SSSR count). The third-order valence-electron chi connectivity index (χ3n) is 4.74. The van der Waals surface area contributed by atoms with Crippen LogP contribution in [0.3, 0.4) is 0 Å². The van der Waals surface area contributed by atoms with E-state index in [4.69, 9.17) is 10.5 Å². The average Bonchev–Trinajstić information content (AvgIpc) is 3.24. The molecule has 1 aromatic carbocycles. The number of benzene rings is 1. The van der Waals surface area contributed by atoms with Crippen LogP contribution in [-0.4, -0.2) is 20.7 Å². The summed E-state index contributed by atoms with van der Waals surface area (Å²) in [6.07, 6.45) is 0. The number of rotatable bonds is 1. The summed E-state index contributed by atoms with van der Waals surface area (Å²) in [6.45, 7) is 1.97. The maximum absolute atomic E-state index is 12.4. The third-order valence-corrected chi connectivity index (χ3v) is 4.74. The molecule has 0 spiro atoms. The number of aryl methyl sites for hydroxylation is 1. The van der Waals surface area contributed by atoms with Gasteiger partial charge in [-0.2, -0.15) is 0 Å². The molecule has 1 unspecified atom stereocenters. The summed E-state index contributed by atoms with van der Waals surface area (Å²) in [6, 6.07) is 13.9. The maximum Gasteiger partial charge on any atom is 0.345 e. The monoisotopic (exact) mass is 318 g/mol. The van der Waals surface area contributed by atoms with Crippen LogP contribution in [0.2, 0.25) is 0 Å². The highest BCUT2D eigenvalue weighted by Crippen LogP contribution is 2.50.